The van der Waals surface area contributed by atoms with Gasteiger partial charge in [-0.3, -0.25) is 0 Å². The molecule has 1 N–H and O–H groups in total. The molecule has 0 fully saturated rings. The molecule has 0 aliphatic carbocycles. The highest BCUT2D eigenvalue weighted by molar-refractivity contribution is 9.10. The van der Waals surface area contributed by atoms with Gasteiger partial charge in [0.15, 0.2) is 0 Å². The third-order valence-corrected chi connectivity index (χ3v) is 3.77. The van der Waals surface area contributed by atoms with Gasteiger partial charge in [0.2, 0.25) is 0 Å². The highest BCUT2D eigenvalue weighted by Crippen LogP contribution is 2.34. The second-order valence-electron chi connectivity index (χ2n) is 3.96. The van der Waals surface area contributed by atoms with E-state index in [1.165, 1.54) is 18.2 Å². The summed E-state index contributed by atoms with van der Waals surface area (Å²) in [4.78, 5) is 0. The zero-order valence-electron chi connectivity index (χ0n) is 10.0. The van der Waals surface area contributed by atoms with Crippen molar-refractivity contribution >= 4 is 27.5 Å². The van der Waals surface area contributed by atoms with Crippen LogP contribution in [0.15, 0.2) is 40.9 Å². The Morgan fingerprint density at radius 3 is 2.47 bits per heavy atom. The first kappa shape index (κ1) is 14.3. The Bertz CT molecular complexity index is 604. The molecule has 0 spiro atoms. The summed E-state index contributed by atoms with van der Waals surface area (Å²) in [6.07, 6.45) is -0.937. The zero-order valence-corrected chi connectivity index (χ0v) is 12.4. The van der Waals surface area contributed by atoms with Crippen molar-refractivity contribution in [3.63, 3.8) is 0 Å². The highest BCUT2D eigenvalue weighted by atomic mass is 79.9. The van der Waals surface area contributed by atoms with Gasteiger partial charge in [-0.2, -0.15) is 0 Å². The van der Waals surface area contributed by atoms with Crippen LogP contribution in [0, 0.1) is 5.82 Å². The molecule has 0 aliphatic rings. The van der Waals surface area contributed by atoms with Gasteiger partial charge < -0.3 is 9.84 Å². The average molecular weight is 346 g/mol. The molecule has 2 aromatic rings. The molecule has 1 unspecified atom stereocenters. The van der Waals surface area contributed by atoms with Crippen molar-refractivity contribution in [2.75, 3.05) is 7.11 Å². The van der Waals surface area contributed by atoms with Crippen molar-refractivity contribution in [3.8, 4) is 5.75 Å². The molecule has 2 rings (SSSR count). The van der Waals surface area contributed by atoms with Crippen molar-refractivity contribution in [3.05, 3.63) is 62.8 Å². The summed E-state index contributed by atoms with van der Waals surface area (Å²) in [5, 5.41) is 10.7. The van der Waals surface area contributed by atoms with Crippen molar-refractivity contribution in [2.45, 2.75) is 6.10 Å². The molecule has 0 heterocycles. The van der Waals surface area contributed by atoms with Gasteiger partial charge in [0.05, 0.1) is 12.1 Å². The van der Waals surface area contributed by atoms with Crippen LogP contribution in [0.1, 0.15) is 17.2 Å². The molecule has 0 radical (unpaired) electrons. The quantitative estimate of drug-likeness (QED) is 0.897. The smallest absolute Gasteiger partial charge is 0.124 e. The van der Waals surface area contributed by atoms with Gasteiger partial charge >= 0.3 is 0 Å². The number of aliphatic hydroxyl groups excluding tert-OH is 1. The van der Waals surface area contributed by atoms with Crippen molar-refractivity contribution < 1.29 is 14.2 Å². The number of aliphatic hydroxyl groups is 1. The number of hydrogen-bond acceptors (Lipinski definition) is 2. The Hall–Kier alpha value is -1.10. The second kappa shape index (κ2) is 5.90. The minimum absolute atomic E-state index is 0.372. The summed E-state index contributed by atoms with van der Waals surface area (Å²) >= 11 is 9.34. The largest absolute Gasteiger partial charge is 0.497 e. The number of hydrogen-bond donors (Lipinski definition) is 1. The van der Waals surface area contributed by atoms with Crippen LogP contribution in [0.3, 0.4) is 0 Å². The van der Waals surface area contributed by atoms with Crippen molar-refractivity contribution in [1.29, 1.82) is 0 Å². The van der Waals surface area contributed by atoms with Crippen LogP contribution < -0.4 is 4.74 Å². The molecule has 2 nitrogen and oxygen atoms in total. The molecule has 19 heavy (non-hydrogen) atoms. The SMILES string of the molecule is COc1ccc(C(O)c2ccc(F)cc2Br)c(Cl)c1. The maximum Gasteiger partial charge on any atom is 0.124 e. The Morgan fingerprint density at radius 2 is 1.89 bits per heavy atom. The molecule has 0 saturated carbocycles. The van der Waals surface area contributed by atoms with E-state index in [2.05, 4.69) is 15.9 Å². The van der Waals surface area contributed by atoms with E-state index in [1.54, 1.807) is 25.3 Å². The van der Waals surface area contributed by atoms with E-state index in [1.807, 2.05) is 0 Å². The zero-order chi connectivity index (χ0) is 14.0. The summed E-state index contributed by atoms with van der Waals surface area (Å²) in [5.41, 5.74) is 1.09. The highest BCUT2D eigenvalue weighted by Gasteiger charge is 2.17. The van der Waals surface area contributed by atoms with Gasteiger partial charge in [-0.05, 0) is 29.8 Å². The minimum Gasteiger partial charge on any atom is -0.497 e. The van der Waals surface area contributed by atoms with E-state index >= 15 is 0 Å². The van der Waals surface area contributed by atoms with Crippen LogP contribution in [-0.2, 0) is 0 Å². The van der Waals surface area contributed by atoms with Crippen molar-refractivity contribution in [1.82, 2.24) is 0 Å². The molecular formula is C14H11BrClFO2. The molecule has 0 aromatic heterocycles. The van der Waals surface area contributed by atoms with E-state index in [0.29, 0.717) is 26.4 Å². The number of benzene rings is 2. The first-order valence-corrected chi connectivity index (χ1v) is 6.66. The fourth-order valence-electron chi connectivity index (χ4n) is 1.75. The molecule has 1 atom stereocenters. The van der Waals surface area contributed by atoms with Crippen LogP contribution in [0.4, 0.5) is 4.39 Å². The third-order valence-electron chi connectivity index (χ3n) is 2.76. The van der Waals surface area contributed by atoms with Gasteiger partial charge in [0.1, 0.15) is 17.7 Å². The van der Waals surface area contributed by atoms with Gasteiger partial charge in [0, 0.05) is 10.0 Å². The summed E-state index contributed by atoms with van der Waals surface area (Å²) in [5.74, 6) is 0.239. The Morgan fingerprint density at radius 1 is 1.21 bits per heavy atom. The molecule has 0 aliphatic heterocycles. The number of halogens is 3. The average Bonchev–Trinajstić information content (AvgIpc) is 2.37. The van der Waals surface area contributed by atoms with Crippen LogP contribution in [0.5, 0.6) is 5.75 Å². The van der Waals surface area contributed by atoms with E-state index in [9.17, 15) is 9.50 Å². The van der Waals surface area contributed by atoms with Gasteiger partial charge in [-0.15, -0.1) is 0 Å². The molecule has 5 heteroatoms. The maximum absolute atomic E-state index is 13.0. The lowest BCUT2D eigenvalue weighted by Crippen LogP contribution is -2.02. The van der Waals surface area contributed by atoms with E-state index < -0.39 is 6.10 Å². The fraction of sp³-hybridized carbons (Fsp3) is 0.143. The standard InChI is InChI=1S/C14H11BrClFO2/c1-19-9-3-5-11(13(16)7-9)14(18)10-4-2-8(17)6-12(10)15/h2-7,14,18H,1H3. The van der Waals surface area contributed by atoms with Gasteiger partial charge in [0.25, 0.3) is 0 Å². The first-order valence-electron chi connectivity index (χ1n) is 5.49. The second-order valence-corrected chi connectivity index (χ2v) is 5.22. The van der Waals surface area contributed by atoms with E-state index in [4.69, 9.17) is 16.3 Å². The number of methoxy groups -OCH3 is 1. The van der Waals surface area contributed by atoms with Crippen molar-refractivity contribution in [2.24, 2.45) is 0 Å². The van der Waals surface area contributed by atoms with Crippen LogP contribution in [-0.4, -0.2) is 12.2 Å². The lowest BCUT2D eigenvalue weighted by Gasteiger charge is -2.15. The summed E-state index contributed by atoms with van der Waals surface area (Å²) in [6.45, 7) is 0. The van der Waals surface area contributed by atoms with E-state index in [0.717, 1.165) is 0 Å². The minimum atomic E-state index is -0.937. The van der Waals surface area contributed by atoms with Gasteiger partial charge in [-0.25, -0.2) is 4.39 Å². The van der Waals surface area contributed by atoms with E-state index in [-0.39, 0.29) is 5.82 Å². The van der Waals surface area contributed by atoms with Crippen LogP contribution >= 0.6 is 27.5 Å². The maximum atomic E-state index is 13.0. The normalized spacial score (nSPS) is 12.3. The lowest BCUT2D eigenvalue weighted by molar-refractivity contribution is 0.219. The number of ether oxygens (including phenoxy) is 1. The number of rotatable bonds is 3. The molecule has 2 aromatic carbocycles. The summed E-state index contributed by atoms with van der Waals surface area (Å²) < 4.78 is 18.6. The third kappa shape index (κ3) is 3.08. The fourth-order valence-corrected chi connectivity index (χ4v) is 2.59. The Labute approximate surface area is 123 Å². The topological polar surface area (TPSA) is 29.5 Å². The molecule has 100 valence electrons. The van der Waals surface area contributed by atoms with Gasteiger partial charge in [-0.1, -0.05) is 39.7 Å². The van der Waals surface area contributed by atoms with Crippen LogP contribution in [0.25, 0.3) is 0 Å². The predicted octanol–water partition coefficient (Wildman–Crippen LogP) is 4.33. The monoisotopic (exact) mass is 344 g/mol. The molecular weight excluding hydrogens is 335 g/mol. The summed E-state index contributed by atoms with van der Waals surface area (Å²) in [7, 11) is 1.54. The molecule has 0 amide bonds. The Balaban J connectivity index is 2.41. The lowest BCUT2D eigenvalue weighted by atomic mass is 10.0. The van der Waals surface area contributed by atoms with Crippen LogP contribution in [0.2, 0.25) is 5.02 Å². The molecule has 0 saturated heterocycles. The first-order chi connectivity index (χ1) is 9.02. The Kier molecular flexibility index (Phi) is 4.45. The molecule has 0 bridgehead atoms. The predicted molar refractivity (Wildman–Crippen MR) is 76.2 cm³/mol. The summed E-state index contributed by atoms with van der Waals surface area (Å²) in [6, 6.07) is 9.13.